The quantitative estimate of drug-likeness (QED) is 0.805. The number of nitrogens with zero attached hydrogens (tertiary/aromatic N) is 1. The molecule has 0 atom stereocenters. The molecule has 1 aliphatic rings. The Morgan fingerprint density at radius 1 is 1.25 bits per heavy atom. The molecule has 6 heteroatoms. The number of aromatic nitrogens is 2. The highest BCUT2D eigenvalue weighted by molar-refractivity contribution is 9.10. The molecule has 0 spiro atoms. The lowest BCUT2D eigenvalue weighted by Crippen LogP contribution is -2.35. The molecule has 2 aromatic rings. The molecule has 0 bridgehead atoms. The average Bonchev–Trinajstić information content (AvgIpc) is 2.88. The monoisotopic (exact) mass is 338 g/mol. The van der Waals surface area contributed by atoms with Crippen LogP contribution in [0.4, 0.5) is 10.2 Å². The zero-order valence-electron chi connectivity index (χ0n) is 10.9. The smallest absolute Gasteiger partial charge is 0.148 e. The number of benzene rings is 1. The van der Waals surface area contributed by atoms with E-state index in [2.05, 4.69) is 36.8 Å². The van der Waals surface area contributed by atoms with Gasteiger partial charge in [-0.1, -0.05) is 15.9 Å². The number of rotatable bonds is 3. The van der Waals surface area contributed by atoms with E-state index in [-0.39, 0.29) is 5.82 Å². The van der Waals surface area contributed by atoms with Crippen LogP contribution in [-0.2, 0) is 0 Å². The van der Waals surface area contributed by atoms with Crippen molar-refractivity contribution in [3.8, 4) is 11.3 Å². The maximum Gasteiger partial charge on any atom is 0.148 e. The van der Waals surface area contributed by atoms with Gasteiger partial charge in [-0.25, -0.2) is 4.39 Å². The summed E-state index contributed by atoms with van der Waals surface area (Å²) in [4.78, 5) is 0. The van der Waals surface area contributed by atoms with E-state index in [0.717, 1.165) is 36.2 Å². The fraction of sp³-hybridized carbons (Fsp3) is 0.357. The summed E-state index contributed by atoms with van der Waals surface area (Å²) < 4.78 is 14.6. The van der Waals surface area contributed by atoms with Crippen LogP contribution < -0.4 is 10.6 Å². The summed E-state index contributed by atoms with van der Waals surface area (Å²) >= 11 is 3.26. The Morgan fingerprint density at radius 3 is 2.80 bits per heavy atom. The third kappa shape index (κ3) is 3.02. The van der Waals surface area contributed by atoms with Crippen LogP contribution in [0.1, 0.15) is 12.8 Å². The van der Waals surface area contributed by atoms with Crippen molar-refractivity contribution < 1.29 is 4.39 Å². The first-order valence-electron chi connectivity index (χ1n) is 6.70. The molecule has 3 rings (SSSR count). The standard InChI is InChI=1S/C14H16BrFN4/c15-9-1-2-11(12(16)7-9)13-8-14(20-19-13)18-10-3-5-17-6-4-10/h1-2,7-8,10,17H,3-6H2,(H2,18,19,20). The molecule has 0 amide bonds. The van der Waals surface area contributed by atoms with E-state index in [1.165, 1.54) is 6.07 Å². The van der Waals surface area contributed by atoms with Gasteiger partial charge in [0.1, 0.15) is 11.6 Å². The molecular weight excluding hydrogens is 323 g/mol. The van der Waals surface area contributed by atoms with Crippen molar-refractivity contribution in [2.75, 3.05) is 18.4 Å². The van der Waals surface area contributed by atoms with Gasteiger partial charge in [0, 0.05) is 22.1 Å². The number of hydrogen-bond acceptors (Lipinski definition) is 3. The normalized spacial score (nSPS) is 16.3. The number of H-pyrrole nitrogens is 1. The first kappa shape index (κ1) is 13.6. The number of piperidine rings is 1. The zero-order valence-corrected chi connectivity index (χ0v) is 12.5. The predicted molar refractivity (Wildman–Crippen MR) is 81.2 cm³/mol. The van der Waals surface area contributed by atoms with Crippen molar-refractivity contribution in [1.82, 2.24) is 15.5 Å². The molecular formula is C14H16BrFN4. The highest BCUT2D eigenvalue weighted by Crippen LogP contribution is 2.26. The van der Waals surface area contributed by atoms with E-state index in [1.54, 1.807) is 6.07 Å². The molecule has 0 aliphatic carbocycles. The highest BCUT2D eigenvalue weighted by atomic mass is 79.9. The van der Waals surface area contributed by atoms with Crippen LogP contribution in [0.15, 0.2) is 28.7 Å². The fourth-order valence-electron chi connectivity index (χ4n) is 2.42. The number of anilines is 1. The molecule has 1 fully saturated rings. The molecule has 4 nitrogen and oxygen atoms in total. The Bertz CT molecular complexity index is 593. The van der Waals surface area contributed by atoms with Crippen molar-refractivity contribution in [3.05, 3.63) is 34.6 Å². The Morgan fingerprint density at radius 2 is 2.05 bits per heavy atom. The van der Waals surface area contributed by atoms with Crippen LogP contribution in [0.3, 0.4) is 0 Å². The summed E-state index contributed by atoms with van der Waals surface area (Å²) in [6, 6.07) is 7.30. The second-order valence-electron chi connectivity index (χ2n) is 4.96. The van der Waals surface area contributed by atoms with E-state index in [4.69, 9.17) is 0 Å². The van der Waals surface area contributed by atoms with Crippen molar-refractivity contribution in [1.29, 1.82) is 0 Å². The van der Waals surface area contributed by atoms with Crippen LogP contribution in [0.25, 0.3) is 11.3 Å². The van der Waals surface area contributed by atoms with Gasteiger partial charge in [0.25, 0.3) is 0 Å². The molecule has 0 saturated carbocycles. The largest absolute Gasteiger partial charge is 0.366 e. The summed E-state index contributed by atoms with van der Waals surface area (Å²) in [5.74, 6) is 0.505. The minimum atomic E-state index is -0.267. The third-order valence-corrected chi connectivity index (χ3v) is 3.98. The van der Waals surface area contributed by atoms with Gasteiger partial charge in [-0.15, -0.1) is 0 Å². The van der Waals surface area contributed by atoms with Crippen LogP contribution in [0, 0.1) is 5.82 Å². The summed E-state index contributed by atoms with van der Waals surface area (Å²) in [6.45, 7) is 2.05. The van der Waals surface area contributed by atoms with Crippen molar-refractivity contribution >= 4 is 21.7 Å². The summed E-state index contributed by atoms with van der Waals surface area (Å²) in [5, 5.41) is 13.8. The molecule has 20 heavy (non-hydrogen) atoms. The molecule has 2 heterocycles. The first-order valence-corrected chi connectivity index (χ1v) is 7.50. The third-order valence-electron chi connectivity index (χ3n) is 3.49. The summed E-state index contributed by atoms with van der Waals surface area (Å²) in [6.07, 6.45) is 2.16. The lowest BCUT2D eigenvalue weighted by Gasteiger charge is -2.23. The van der Waals surface area contributed by atoms with E-state index in [1.807, 2.05) is 12.1 Å². The van der Waals surface area contributed by atoms with Gasteiger partial charge in [0.05, 0.1) is 5.69 Å². The van der Waals surface area contributed by atoms with Crippen LogP contribution >= 0.6 is 15.9 Å². The van der Waals surface area contributed by atoms with E-state index < -0.39 is 0 Å². The molecule has 0 unspecified atom stereocenters. The molecule has 1 saturated heterocycles. The van der Waals surface area contributed by atoms with Gasteiger partial charge in [-0.2, -0.15) is 5.10 Å². The van der Waals surface area contributed by atoms with Gasteiger partial charge in [0.2, 0.25) is 0 Å². The number of halogens is 2. The van der Waals surface area contributed by atoms with E-state index >= 15 is 0 Å². The lowest BCUT2D eigenvalue weighted by atomic mass is 10.1. The Kier molecular flexibility index (Phi) is 4.03. The van der Waals surface area contributed by atoms with Gasteiger partial charge in [-0.05, 0) is 44.1 Å². The second-order valence-corrected chi connectivity index (χ2v) is 5.88. The average molecular weight is 339 g/mol. The highest BCUT2D eigenvalue weighted by Gasteiger charge is 2.15. The Balaban J connectivity index is 1.75. The maximum atomic E-state index is 13.9. The minimum Gasteiger partial charge on any atom is -0.366 e. The van der Waals surface area contributed by atoms with E-state index in [9.17, 15) is 4.39 Å². The Labute approximate surface area is 125 Å². The molecule has 1 aromatic heterocycles. The van der Waals surface area contributed by atoms with Crippen LogP contribution in [-0.4, -0.2) is 29.3 Å². The van der Waals surface area contributed by atoms with Gasteiger partial charge in [0.15, 0.2) is 0 Å². The SMILES string of the molecule is Fc1cc(Br)ccc1-c1cc(NC2CCNCC2)n[nH]1. The molecule has 106 valence electrons. The van der Waals surface area contributed by atoms with Crippen LogP contribution in [0.5, 0.6) is 0 Å². The van der Waals surface area contributed by atoms with Crippen molar-refractivity contribution in [3.63, 3.8) is 0 Å². The lowest BCUT2D eigenvalue weighted by molar-refractivity contribution is 0.478. The Hall–Kier alpha value is -1.40. The number of aromatic amines is 1. The summed E-state index contributed by atoms with van der Waals surface area (Å²) in [7, 11) is 0. The van der Waals surface area contributed by atoms with Crippen molar-refractivity contribution in [2.24, 2.45) is 0 Å². The zero-order chi connectivity index (χ0) is 13.9. The summed E-state index contributed by atoms with van der Waals surface area (Å²) in [5.41, 5.74) is 1.21. The topological polar surface area (TPSA) is 52.7 Å². The minimum absolute atomic E-state index is 0.267. The first-order chi connectivity index (χ1) is 9.72. The second kappa shape index (κ2) is 5.93. The number of nitrogens with one attached hydrogen (secondary N) is 3. The van der Waals surface area contributed by atoms with Crippen molar-refractivity contribution in [2.45, 2.75) is 18.9 Å². The van der Waals surface area contributed by atoms with Gasteiger partial charge in [-0.3, -0.25) is 5.10 Å². The molecule has 1 aromatic carbocycles. The van der Waals surface area contributed by atoms with Crippen LogP contribution in [0.2, 0.25) is 0 Å². The van der Waals surface area contributed by atoms with E-state index in [0.29, 0.717) is 17.3 Å². The molecule has 1 aliphatic heterocycles. The predicted octanol–water partition coefficient (Wildman–Crippen LogP) is 3.14. The molecule has 3 N–H and O–H groups in total. The maximum absolute atomic E-state index is 13.9. The molecule has 0 radical (unpaired) electrons. The van der Waals surface area contributed by atoms with Gasteiger partial charge >= 0.3 is 0 Å². The van der Waals surface area contributed by atoms with Gasteiger partial charge < -0.3 is 10.6 Å². The fourth-order valence-corrected chi connectivity index (χ4v) is 2.75. The number of hydrogen-bond donors (Lipinski definition) is 3.